The van der Waals surface area contributed by atoms with E-state index in [4.69, 9.17) is 9.84 Å². The average Bonchev–Trinajstić information content (AvgIpc) is 2.88. The first-order valence-electron chi connectivity index (χ1n) is 8.66. The molecule has 1 aliphatic rings. The van der Waals surface area contributed by atoms with E-state index in [1.54, 1.807) is 24.3 Å². The highest BCUT2D eigenvalue weighted by Crippen LogP contribution is 2.23. The van der Waals surface area contributed by atoms with Crippen LogP contribution in [0.4, 0.5) is 0 Å². The maximum Gasteiger partial charge on any atom is 0.306 e. The molecule has 134 valence electrons. The molecule has 0 unspecified atom stereocenters. The Hall–Kier alpha value is -3.14. The lowest BCUT2D eigenvalue weighted by atomic mass is 10.1. The summed E-state index contributed by atoms with van der Waals surface area (Å²) in [7, 11) is 0. The largest absolute Gasteiger partial charge is 0.493 e. The Morgan fingerprint density at radius 3 is 3.04 bits per heavy atom. The maximum absolute atomic E-state index is 10.6. The van der Waals surface area contributed by atoms with E-state index in [0.717, 1.165) is 43.6 Å². The Bertz CT molecular complexity index is 864. The van der Waals surface area contributed by atoms with Crippen LogP contribution in [0.1, 0.15) is 42.9 Å². The van der Waals surface area contributed by atoms with Gasteiger partial charge in [-0.15, -0.1) is 10.2 Å². The van der Waals surface area contributed by atoms with E-state index in [1.807, 2.05) is 10.6 Å². The number of hydrogen-bond donors (Lipinski definition) is 1. The number of benzene rings is 1. The molecule has 2 heterocycles. The lowest BCUT2D eigenvalue weighted by molar-refractivity contribution is -0.137. The molecular formula is C19H20N4O3. The van der Waals surface area contributed by atoms with Crippen LogP contribution in [0.25, 0.3) is 11.6 Å². The molecule has 1 aromatic carbocycles. The van der Waals surface area contributed by atoms with E-state index in [2.05, 4.69) is 16.3 Å². The van der Waals surface area contributed by atoms with Gasteiger partial charge in [-0.2, -0.15) is 5.26 Å². The SMILES string of the molecule is N#C/C(=C\c1cccc(OCCC(=O)O)c1)c1nnc2n1CCCCC2. The molecule has 7 nitrogen and oxygen atoms in total. The van der Waals surface area contributed by atoms with Crippen molar-refractivity contribution >= 4 is 17.6 Å². The van der Waals surface area contributed by atoms with Gasteiger partial charge in [0.25, 0.3) is 0 Å². The van der Waals surface area contributed by atoms with Crippen LogP contribution in [-0.4, -0.2) is 32.4 Å². The monoisotopic (exact) mass is 352 g/mol. The number of nitrogens with zero attached hydrogens (tertiary/aromatic N) is 4. The fourth-order valence-corrected chi connectivity index (χ4v) is 2.95. The first kappa shape index (κ1) is 17.7. The lowest BCUT2D eigenvalue weighted by Crippen LogP contribution is -2.05. The quantitative estimate of drug-likeness (QED) is 0.802. The number of ether oxygens (including phenoxy) is 1. The summed E-state index contributed by atoms with van der Waals surface area (Å²) in [5, 5.41) is 26.8. The molecule has 26 heavy (non-hydrogen) atoms. The second-order valence-electron chi connectivity index (χ2n) is 6.14. The predicted molar refractivity (Wildman–Crippen MR) is 95.3 cm³/mol. The summed E-state index contributed by atoms with van der Waals surface area (Å²) in [5.41, 5.74) is 1.24. The molecule has 1 N–H and O–H groups in total. The topological polar surface area (TPSA) is 101 Å². The standard InChI is InChI=1S/C19H20N4O3/c20-13-15(19-22-21-17-7-2-1-3-9-23(17)19)11-14-5-4-6-16(12-14)26-10-8-18(24)25/h4-6,11-12H,1-3,7-10H2,(H,24,25)/b15-11+. The van der Waals surface area contributed by atoms with E-state index in [9.17, 15) is 10.1 Å². The van der Waals surface area contributed by atoms with Crippen LogP contribution in [0.3, 0.4) is 0 Å². The van der Waals surface area contributed by atoms with Crippen LogP contribution < -0.4 is 4.74 Å². The first-order valence-corrected chi connectivity index (χ1v) is 8.66. The van der Waals surface area contributed by atoms with Crippen molar-refractivity contribution in [3.05, 3.63) is 41.5 Å². The smallest absolute Gasteiger partial charge is 0.306 e. The molecule has 0 saturated heterocycles. The van der Waals surface area contributed by atoms with Gasteiger partial charge in [-0.3, -0.25) is 4.79 Å². The molecule has 0 fully saturated rings. The minimum absolute atomic E-state index is 0.0601. The summed E-state index contributed by atoms with van der Waals surface area (Å²) >= 11 is 0. The van der Waals surface area contributed by atoms with Gasteiger partial charge in [0.1, 0.15) is 17.6 Å². The third kappa shape index (κ3) is 4.28. The Kier molecular flexibility index (Phi) is 5.64. The number of hydrogen-bond acceptors (Lipinski definition) is 5. The summed E-state index contributed by atoms with van der Waals surface area (Å²) in [4.78, 5) is 10.6. The summed E-state index contributed by atoms with van der Waals surface area (Å²) in [6.07, 6.45) is 5.90. The Morgan fingerprint density at radius 1 is 1.35 bits per heavy atom. The zero-order valence-corrected chi connectivity index (χ0v) is 14.4. The predicted octanol–water partition coefficient (Wildman–Crippen LogP) is 2.92. The number of aliphatic carboxylic acids is 1. The van der Waals surface area contributed by atoms with Gasteiger partial charge >= 0.3 is 5.97 Å². The second kappa shape index (κ2) is 8.30. The summed E-state index contributed by atoms with van der Waals surface area (Å²) in [6, 6.07) is 9.42. The van der Waals surface area contributed by atoms with Gasteiger partial charge in [-0.05, 0) is 36.6 Å². The van der Waals surface area contributed by atoms with Crippen molar-refractivity contribution in [1.82, 2.24) is 14.8 Å². The number of rotatable bonds is 6. The van der Waals surface area contributed by atoms with Gasteiger partial charge in [-0.25, -0.2) is 0 Å². The van der Waals surface area contributed by atoms with Crippen LogP contribution in [-0.2, 0) is 17.8 Å². The molecule has 0 atom stereocenters. The van der Waals surface area contributed by atoms with Crippen molar-refractivity contribution in [3.8, 4) is 11.8 Å². The lowest BCUT2D eigenvalue weighted by Gasteiger charge is -2.07. The highest BCUT2D eigenvalue weighted by molar-refractivity contribution is 5.87. The van der Waals surface area contributed by atoms with E-state index in [1.165, 1.54) is 0 Å². The molecule has 7 heteroatoms. The number of carbonyl (C=O) groups is 1. The number of carboxylic acids is 1. The zero-order chi connectivity index (χ0) is 18.4. The molecule has 0 saturated carbocycles. The van der Waals surface area contributed by atoms with Crippen LogP contribution in [0, 0.1) is 11.3 Å². The van der Waals surface area contributed by atoms with Gasteiger partial charge in [0.2, 0.25) is 0 Å². The molecule has 0 radical (unpaired) electrons. The van der Waals surface area contributed by atoms with Crippen molar-refractivity contribution in [2.24, 2.45) is 0 Å². The molecule has 0 amide bonds. The zero-order valence-electron chi connectivity index (χ0n) is 14.4. The number of carboxylic acid groups (broad SMARTS) is 1. The van der Waals surface area contributed by atoms with Crippen molar-refractivity contribution in [2.45, 2.75) is 38.6 Å². The van der Waals surface area contributed by atoms with Crippen LogP contribution >= 0.6 is 0 Å². The fraction of sp³-hybridized carbons (Fsp3) is 0.368. The Labute approximate surface area is 151 Å². The van der Waals surface area contributed by atoms with Crippen molar-refractivity contribution in [3.63, 3.8) is 0 Å². The number of allylic oxidation sites excluding steroid dienone is 1. The van der Waals surface area contributed by atoms with Crippen molar-refractivity contribution in [2.75, 3.05) is 6.61 Å². The van der Waals surface area contributed by atoms with Gasteiger partial charge in [-0.1, -0.05) is 18.6 Å². The number of fused-ring (bicyclic) bond motifs is 1. The summed E-state index contributed by atoms with van der Waals surface area (Å²) in [5.74, 6) is 1.20. The van der Waals surface area contributed by atoms with Crippen molar-refractivity contribution < 1.29 is 14.6 Å². The molecule has 1 aliphatic heterocycles. The molecule has 1 aromatic heterocycles. The maximum atomic E-state index is 10.6. The fourth-order valence-electron chi connectivity index (χ4n) is 2.95. The van der Waals surface area contributed by atoms with Gasteiger partial charge < -0.3 is 14.4 Å². The minimum atomic E-state index is -0.902. The first-order chi connectivity index (χ1) is 12.7. The third-order valence-corrected chi connectivity index (χ3v) is 4.22. The molecule has 0 spiro atoms. The molecule has 0 bridgehead atoms. The average molecular weight is 352 g/mol. The number of aromatic nitrogens is 3. The van der Waals surface area contributed by atoms with E-state index >= 15 is 0 Å². The van der Waals surface area contributed by atoms with E-state index in [0.29, 0.717) is 17.1 Å². The summed E-state index contributed by atoms with van der Waals surface area (Å²) in [6.45, 7) is 0.931. The molecule has 2 aromatic rings. The second-order valence-corrected chi connectivity index (χ2v) is 6.14. The number of aryl methyl sites for hydroxylation is 1. The normalized spacial score (nSPS) is 14.2. The van der Waals surface area contributed by atoms with E-state index < -0.39 is 5.97 Å². The molecule has 3 rings (SSSR count). The molecular weight excluding hydrogens is 332 g/mol. The summed E-state index contributed by atoms with van der Waals surface area (Å²) < 4.78 is 7.48. The van der Waals surface area contributed by atoms with Crippen LogP contribution in [0.5, 0.6) is 5.75 Å². The Balaban J connectivity index is 1.83. The van der Waals surface area contributed by atoms with Crippen LogP contribution in [0.15, 0.2) is 24.3 Å². The minimum Gasteiger partial charge on any atom is -0.493 e. The highest BCUT2D eigenvalue weighted by atomic mass is 16.5. The van der Waals surface area contributed by atoms with Gasteiger partial charge in [0.05, 0.1) is 18.6 Å². The molecule has 0 aliphatic carbocycles. The van der Waals surface area contributed by atoms with E-state index in [-0.39, 0.29) is 13.0 Å². The van der Waals surface area contributed by atoms with Gasteiger partial charge in [0.15, 0.2) is 5.82 Å². The third-order valence-electron chi connectivity index (χ3n) is 4.22. The highest BCUT2D eigenvalue weighted by Gasteiger charge is 2.17. The van der Waals surface area contributed by atoms with Gasteiger partial charge in [0, 0.05) is 13.0 Å². The number of nitriles is 1. The van der Waals surface area contributed by atoms with Crippen LogP contribution in [0.2, 0.25) is 0 Å². The Morgan fingerprint density at radius 2 is 2.23 bits per heavy atom. The van der Waals surface area contributed by atoms with Crippen molar-refractivity contribution in [1.29, 1.82) is 5.26 Å².